The Morgan fingerprint density at radius 1 is 1.30 bits per heavy atom. The first-order chi connectivity index (χ1) is 11.2. The van der Waals surface area contributed by atoms with Gasteiger partial charge in [0.2, 0.25) is 0 Å². The molecule has 0 aromatic heterocycles. The lowest BCUT2D eigenvalue weighted by molar-refractivity contribution is -0.150. The summed E-state index contributed by atoms with van der Waals surface area (Å²) in [7, 11) is 1.47. The Bertz CT molecular complexity index is 545. The number of methoxy groups -OCH3 is 1. The number of hydrogen-bond donors (Lipinski definition) is 0. The van der Waals surface area contributed by atoms with Gasteiger partial charge in [0.15, 0.2) is 0 Å². The van der Waals surface area contributed by atoms with Crippen LogP contribution in [0.2, 0.25) is 0 Å². The number of benzene rings is 1. The summed E-state index contributed by atoms with van der Waals surface area (Å²) >= 11 is 0. The van der Waals surface area contributed by atoms with E-state index in [9.17, 15) is 9.18 Å². The van der Waals surface area contributed by atoms with Crippen LogP contribution < -0.4 is 0 Å². The normalized spacial score (nSPS) is 30.4. The van der Waals surface area contributed by atoms with Crippen LogP contribution in [0.25, 0.3) is 0 Å². The quantitative estimate of drug-likeness (QED) is 0.778. The van der Waals surface area contributed by atoms with Crippen LogP contribution in [0.5, 0.6) is 0 Å². The molecule has 1 aromatic rings. The zero-order valence-corrected chi connectivity index (χ0v) is 14.0. The van der Waals surface area contributed by atoms with Gasteiger partial charge in [-0.25, -0.2) is 0 Å². The Balaban J connectivity index is 1.88. The first-order valence-electron chi connectivity index (χ1n) is 8.61. The second-order valence-electron chi connectivity index (χ2n) is 6.88. The predicted octanol–water partition coefficient (Wildman–Crippen LogP) is 3.46. The molecule has 2 saturated heterocycles. The van der Waals surface area contributed by atoms with Gasteiger partial charge in [-0.15, -0.1) is 0 Å². The van der Waals surface area contributed by atoms with Crippen molar-refractivity contribution in [2.24, 2.45) is 5.92 Å². The molecule has 4 heteroatoms. The first-order valence-corrected chi connectivity index (χ1v) is 8.61. The van der Waals surface area contributed by atoms with E-state index in [2.05, 4.69) is 36.1 Å². The highest BCUT2D eigenvalue weighted by molar-refractivity contribution is 5.75. The third-order valence-electron chi connectivity index (χ3n) is 5.59. The lowest BCUT2D eigenvalue weighted by Crippen LogP contribution is -2.51. The zero-order valence-electron chi connectivity index (χ0n) is 14.0. The van der Waals surface area contributed by atoms with Crippen molar-refractivity contribution < 1.29 is 13.9 Å². The van der Waals surface area contributed by atoms with Crippen molar-refractivity contribution in [1.29, 1.82) is 0 Å². The molecular formula is C19H26FNO2. The van der Waals surface area contributed by atoms with Crippen molar-refractivity contribution in [3.8, 4) is 0 Å². The van der Waals surface area contributed by atoms with E-state index < -0.39 is 0 Å². The van der Waals surface area contributed by atoms with E-state index in [1.54, 1.807) is 0 Å². The van der Waals surface area contributed by atoms with E-state index in [4.69, 9.17) is 4.74 Å². The maximum Gasteiger partial charge on any atom is 0.310 e. The summed E-state index contributed by atoms with van der Waals surface area (Å²) in [6, 6.07) is 9.18. The van der Waals surface area contributed by atoms with Gasteiger partial charge in [-0.3, -0.25) is 14.1 Å². The van der Waals surface area contributed by atoms with E-state index in [0.29, 0.717) is 12.5 Å². The molecule has 0 spiro atoms. The molecule has 1 aromatic carbocycles. The van der Waals surface area contributed by atoms with Crippen LogP contribution in [-0.4, -0.2) is 43.3 Å². The van der Waals surface area contributed by atoms with Crippen LogP contribution in [0.15, 0.2) is 24.3 Å². The number of alkyl halides is 1. The van der Waals surface area contributed by atoms with Crippen LogP contribution in [0.4, 0.5) is 4.39 Å². The van der Waals surface area contributed by atoms with Crippen LogP contribution in [-0.2, 0) is 9.53 Å². The molecule has 2 heterocycles. The van der Waals surface area contributed by atoms with Crippen LogP contribution in [0, 0.1) is 12.8 Å². The van der Waals surface area contributed by atoms with Crippen LogP contribution >= 0.6 is 0 Å². The molecule has 2 bridgehead atoms. The van der Waals surface area contributed by atoms with Gasteiger partial charge in [-0.1, -0.05) is 29.8 Å². The smallest absolute Gasteiger partial charge is 0.310 e. The average molecular weight is 319 g/mol. The molecule has 0 unspecified atom stereocenters. The van der Waals surface area contributed by atoms with Gasteiger partial charge in [0.05, 0.1) is 19.7 Å². The lowest BCUT2D eigenvalue weighted by atomic mass is 9.76. The number of ether oxygens (including phenoxy) is 1. The number of fused-ring (bicyclic) bond motifs is 2. The number of piperidine rings is 1. The van der Waals surface area contributed by atoms with Gasteiger partial charge in [-0.05, 0) is 38.2 Å². The van der Waals surface area contributed by atoms with Crippen molar-refractivity contribution in [2.75, 3.05) is 20.3 Å². The highest BCUT2D eigenvalue weighted by atomic mass is 19.1. The third-order valence-corrected chi connectivity index (χ3v) is 5.59. The number of nitrogens with zero attached hydrogens (tertiary/aromatic N) is 1. The highest BCUT2D eigenvalue weighted by Gasteiger charge is 2.50. The van der Waals surface area contributed by atoms with E-state index in [-0.39, 0.29) is 30.5 Å². The van der Waals surface area contributed by atoms with Gasteiger partial charge in [-0.2, -0.15) is 0 Å². The Morgan fingerprint density at radius 3 is 2.70 bits per heavy atom. The fourth-order valence-electron chi connectivity index (χ4n) is 4.52. The van der Waals surface area contributed by atoms with E-state index in [1.807, 2.05) is 0 Å². The average Bonchev–Trinajstić information content (AvgIpc) is 2.84. The molecule has 0 N–H and O–H groups in total. The topological polar surface area (TPSA) is 29.5 Å². The van der Waals surface area contributed by atoms with Gasteiger partial charge < -0.3 is 4.74 Å². The SMILES string of the molecule is COC(=O)[C@H]1[C@@H](c2ccc(C)cc2)C[C@@H]2CC[C@H]1N2CCCF. The monoisotopic (exact) mass is 319 g/mol. The van der Waals surface area contributed by atoms with Gasteiger partial charge in [0.25, 0.3) is 0 Å². The zero-order chi connectivity index (χ0) is 16.4. The molecule has 0 aliphatic carbocycles. The molecule has 0 saturated carbocycles. The minimum atomic E-state index is -0.291. The number of halogens is 1. The predicted molar refractivity (Wildman–Crippen MR) is 88.2 cm³/mol. The summed E-state index contributed by atoms with van der Waals surface area (Å²) in [6.07, 6.45) is 3.63. The number of carbonyl (C=O) groups excluding carboxylic acids is 1. The Kier molecular flexibility index (Phi) is 5.00. The lowest BCUT2D eigenvalue weighted by Gasteiger charge is -2.43. The maximum absolute atomic E-state index is 12.6. The van der Waals surface area contributed by atoms with Crippen LogP contribution in [0.3, 0.4) is 0 Å². The Labute approximate surface area is 137 Å². The minimum absolute atomic E-state index is 0.119. The Morgan fingerprint density at radius 2 is 2.04 bits per heavy atom. The first kappa shape index (κ1) is 16.4. The molecule has 0 radical (unpaired) electrons. The van der Waals surface area contributed by atoms with Gasteiger partial charge in [0, 0.05) is 24.5 Å². The molecule has 3 nitrogen and oxygen atoms in total. The number of carbonyl (C=O) groups is 1. The Hall–Kier alpha value is -1.42. The number of rotatable bonds is 5. The van der Waals surface area contributed by atoms with Gasteiger partial charge >= 0.3 is 5.97 Å². The molecule has 0 amide bonds. The van der Waals surface area contributed by atoms with Crippen molar-refractivity contribution in [3.63, 3.8) is 0 Å². The van der Waals surface area contributed by atoms with Crippen molar-refractivity contribution in [3.05, 3.63) is 35.4 Å². The standard InChI is InChI=1S/C19H26FNO2/c1-13-4-6-14(7-5-13)16-12-15-8-9-17(18(16)19(22)23-2)21(15)11-3-10-20/h4-7,15-18H,3,8-12H2,1-2H3/t15-,16+,17+,18-/m0/s1. The second kappa shape index (κ2) is 7.00. The summed E-state index contributed by atoms with van der Waals surface area (Å²) < 4.78 is 17.7. The van der Waals surface area contributed by atoms with Crippen molar-refractivity contribution in [1.82, 2.24) is 4.90 Å². The van der Waals surface area contributed by atoms with E-state index >= 15 is 0 Å². The fraction of sp³-hybridized carbons (Fsp3) is 0.632. The summed E-state index contributed by atoms with van der Waals surface area (Å²) in [4.78, 5) is 14.9. The number of hydrogen-bond acceptors (Lipinski definition) is 3. The largest absolute Gasteiger partial charge is 0.469 e. The third kappa shape index (κ3) is 3.14. The molecule has 2 aliphatic heterocycles. The summed E-state index contributed by atoms with van der Waals surface area (Å²) in [6.45, 7) is 2.53. The molecule has 2 fully saturated rings. The number of aryl methyl sites for hydroxylation is 1. The minimum Gasteiger partial charge on any atom is -0.469 e. The maximum atomic E-state index is 12.6. The number of esters is 1. The van der Waals surface area contributed by atoms with Crippen LogP contribution in [0.1, 0.15) is 42.7 Å². The summed E-state index contributed by atoms with van der Waals surface area (Å²) in [5.74, 6) is -0.0468. The summed E-state index contributed by atoms with van der Waals surface area (Å²) in [5.41, 5.74) is 2.46. The van der Waals surface area contributed by atoms with Crippen molar-refractivity contribution in [2.45, 2.75) is 50.6 Å². The highest BCUT2D eigenvalue weighted by Crippen LogP contribution is 2.47. The van der Waals surface area contributed by atoms with E-state index in [1.165, 1.54) is 18.2 Å². The molecular weight excluding hydrogens is 293 g/mol. The summed E-state index contributed by atoms with van der Waals surface area (Å²) in [5, 5.41) is 0. The van der Waals surface area contributed by atoms with E-state index in [0.717, 1.165) is 25.8 Å². The molecule has 23 heavy (non-hydrogen) atoms. The molecule has 4 atom stereocenters. The molecule has 126 valence electrons. The molecule has 2 aliphatic rings. The fourth-order valence-corrected chi connectivity index (χ4v) is 4.52. The molecule has 3 rings (SSSR count). The van der Waals surface area contributed by atoms with Gasteiger partial charge in [0.1, 0.15) is 0 Å². The second-order valence-corrected chi connectivity index (χ2v) is 6.88. The van der Waals surface area contributed by atoms with Crippen molar-refractivity contribution >= 4 is 5.97 Å².